The quantitative estimate of drug-likeness (QED) is 0.747. The van der Waals surface area contributed by atoms with Crippen molar-refractivity contribution in [2.75, 3.05) is 20.8 Å². The van der Waals surface area contributed by atoms with E-state index in [1.165, 1.54) is 6.07 Å². The fourth-order valence-corrected chi connectivity index (χ4v) is 2.27. The number of carbonyl (C=O) groups is 2. The molecular weight excluding hydrogens is 380 g/mol. The Balaban J connectivity index is 1.86. The monoisotopic (exact) mass is 396 g/mol. The Morgan fingerprint density at radius 2 is 1.92 bits per heavy atom. The topological polar surface area (TPSA) is 89.8 Å². The fraction of sp³-hybridized carbons (Fsp3) is 0.250. The lowest BCUT2D eigenvalue weighted by molar-refractivity contribution is -0.120. The highest BCUT2D eigenvalue weighted by molar-refractivity contribution is 9.10. The molecule has 2 aromatic rings. The first-order valence-electron chi connectivity index (χ1n) is 7.04. The molecule has 0 radical (unpaired) electrons. The molecule has 7 nitrogen and oxygen atoms in total. The highest BCUT2D eigenvalue weighted by Gasteiger charge is 2.12. The van der Waals surface area contributed by atoms with Gasteiger partial charge in [0.25, 0.3) is 5.91 Å². The molecule has 2 rings (SSSR count). The molecule has 0 fully saturated rings. The smallest absolute Gasteiger partial charge is 0.287 e. The Hall–Kier alpha value is -2.48. The zero-order valence-electron chi connectivity index (χ0n) is 13.2. The summed E-state index contributed by atoms with van der Waals surface area (Å²) in [5.41, 5.74) is 0.770. The molecule has 1 aromatic heterocycles. The molecule has 8 heteroatoms. The normalized spacial score (nSPS) is 10.1. The van der Waals surface area contributed by atoms with E-state index in [0.29, 0.717) is 16.2 Å². The van der Waals surface area contributed by atoms with E-state index < -0.39 is 5.91 Å². The van der Waals surface area contributed by atoms with Gasteiger partial charge in [-0.1, -0.05) is 0 Å². The molecule has 0 unspecified atom stereocenters. The number of ether oxygens (including phenoxy) is 2. The lowest BCUT2D eigenvalue weighted by Gasteiger charge is -2.11. The van der Waals surface area contributed by atoms with E-state index in [0.717, 1.165) is 5.56 Å². The molecule has 24 heavy (non-hydrogen) atoms. The molecule has 0 aliphatic heterocycles. The first kappa shape index (κ1) is 17.9. The first-order chi connectivity index (χ1) is 11.5. The van der Waals surface area contributed by atoms with Crippen LogP contribution in [-0.4, -0.2) is 32.6 Å². The summed E-state index contributed by atoms with van der Waals surface area (Å²) in [6.45, 7) is 0.0881. The summed E-state index contributed by atoms with van der Waals surface area (Å²) in [4.78, 5) is 23.7. The number of carbonyl (C=O) groups excluding carboxylic acids is 2. The summed E-state index contributed by atoms with van der Waals surface area (Å²) < 4.78 is 15.9. The van der Waals surface area contributed by atoms with E-state index in [9.17, 15) is 9.59 Å². The van der Waals surface area contributed by atoms with Gasteiger partial charge in [0, 0.05) is 12.1 Å². The van der Waals surface area contributed by atoms with E-state index in [1.807, 2.05) is 0 Å². The second-order valence-electron chi connectivity index (χ2n) is 4.74. The Morgan fingerprint density at radius 1 is 1.12 bits per heavy atom. The zero-order chi connectivity index (χ0) is 17.5. The number of hydrogen-bond acceptors (Lipinski definition) is 5. The number of furan rings is 1. The van der Waals surface area contributed by atoms with E-state index >= 15 is 0 Å². The molecule has 0 saturated heterocycles. The van der Waals surface area contributed by atoms with Crippen LogP contribution in [0.5, 0.6) is 11.5 Å². The molecule has 1 aromatic carbocycles. The Kier molecular flexibility index (Phi) is 6.25. The number of hydrogen-bond donors (Lipinski definition) is 2. The van der Waals surface area contributed by atoms with Gasteiger partial charge in [-0.05, 0) is 46.3 Å². The van der Waals surface area contributed by atoms with Crippen LogP contribution >= 0.6 is 15.9 Å². The maximum Gasteiger partial charge on any atom is 0.287 e. The van der Waals surface area contributed by atoms with Crippen LogP contribution in [0.15, 0.2) is 39.4 Å². The highest BCUT2D eigenvalue weighted by atomic mass is 79.9. The van der Waals surface area contributed by atoms with Gasteiger partial charge in [-0.15, -0.1) is 0 Å². The van der Waals surface area contributed by atoms with E-state index in [-0.39, 0.29) is 24.8 Å². The minimum absolute atomic E-state index is 0.129. The maximum absolute atomic E-state index is 11.9. The lowest BCUT2D eigenvalue weighted by Crippen LogP contribution is -2.36. The zero-order valence-corrected chi connectivity index (χ0v) is 14.8. The van der Waals surface area contributed by atoms with Gasteiger partial charge >= 0.3 is 0 Å². The van der Waals surface area contributed by atoms with Gasteiger partial charge < -0.3 is 24.5 Å². The van der Waals surface area contributed by atoms with Crippen molar-refractivity contribution in [2.24, 2.45) is 0 Å². The maximum atomic E-state index is 11.9. The molecule has 128 valence electrons. The van der Waals surface area contributed by atoms with Crippen molar-refractivity contribution in [2.45, 2.75) is 6.54 Å². The fourth-order valence-electron chi connectivity index (χ4n) is 1.96. The van der Waals surface area contributed by atoms with Crippen molar-refractivity contribution in [3.63, 3.8) is 0 Å². The molecule has 0 saturated carbocycles. The summed E-state index contributed by atoms with van der Waals surface area (Å²) in [7, 11) is 3.11. The summed E-state index contributed by atoms with van der Waals surface area (Å²) >= 11 is 3.11. The van der Waals surface area contributed by atoms with Gasteiger partial charge in [-0.25, -0.2) is 0 Å². The van der Waals surface area contributed by atoms with E-state index in [1.54, 1.807) is 38.5 Å². The van der Waals surface area contributed by atoms with Gasteiger partial charge in [0.15, 0.2) is 10.4 Å². The van der Waals surface area contributed by atoms with Crippen molar-refractivity contribution < 1.29 is 23.5 Å². The minimum atomic E-state index is -0.463. The first-order valence-corrected chi connectivity index (χ1v) is 7.84. The molecule has 2 N–H and O–H groups in total. The van der Waals surface area contributed by atoms with Crippen molar-refractivity contribution >= 4 is 27.7 Å². The van der Waals surface area contributed by atoms with Gasteiger partial charge in [-0.2, -0.15) is 0 Å². The van der Waals surface area contributed by atoms with Gasteiger partial charge in [0.05, 0.1) is 20.8 Å². The Morgan fingerprint density at radius 3 is 2.54 bits per heavy atom. The largest absolute Gasteiger partial charge is 0.497 e. The number of methoxy groups -OCH3 is 2. The number of nitrogens with one attached hydrogen (secondary N) is 2. The van der Waals surface area contributed by atoms with Crippen LogP contribution in [0.25, 0.3) is 0 Å². The van der Waals surface area contributed by atoms with Crippen LogP contribution < -0.4 is 20.1 Å². The number of halogens is 1. The van der Waals surface area contributed by atoms with Crippen molar-refractivity contribution in [3.8, 4) is 11.5 Å². The highest BCUT2D eigenvalue weighted by Crippen LogP contribution is 2.23. The van der Waals surface area contributed by atoms with Crippen LogP contribution in [0.3, 0.4) is 0 Å². The van der Waals surface area contributed by atoms with Crippen LogP contribution in [0.4, 0.5) is 0 Å². The van der Waals surface area contributed by atoms with Gasteiger partial charge in [0.2, 0.25) is 5.91 Å². The number of amides is 2. The summed E-state index contributed by atoms with van der Waals surface area (Å²) in [5, 5.41) is 5.19. The summed E-state index contributed by atoms with van der Waals surface area (Å²) in [5.74, 6) is 0.634. The second-order valence-corrected chi connectivity index (χ2v) is 5.52. The Labute approximate surface area is 147 Å². The van der Waals surface area contributed by atoms with Crippen LogP contribution in [0, 0.1) is 0 Å². The summed E-state index contributed by atoms with van der Waals surface area (Å²) in [6, 6.07) is 8.42. The SMILES string of the molecule is COc1ccc(OC)c(CNC(=O)CNC(=O)c2ccc(Br)o2)c1. The standard InChI is InChI=1S/C16H17BrN2O5/c1-22-11-3-4-12(23-2)10(7-11)8-18-15(20)9-19-16(21)13-5-6-14(17)24-13/h3-7H,8-9H2,1-2H3,(H,18,20)(H,19,21). The molecule has 0 aliphatic carbocycles. The van der Waals surface area contributed by atoms with Crippen LogP contribution in [0.1, 0.15) is 16.1 Å². The third kappa shape index (κ3) is 4.76. The Bertz CT molecular complexity index is 729. The molecule has 0 atom stereocenters. The molecule has 2 amide bonds. The van der Waals surface area contributed by atoms with Crippen molar-refractivity contribution in [1.29, 1.82) is 0 Å². The predicted molar refractivity (Wildman–Crippen MR) is 90.1 cm³/mol. The number of benzene rings is 1. The van der Waals surface area contributed by atoms with Crippen LogP contribution in [-0.2, 0) is 11.3 Å². The molecule has 0 spiro atoms. The molecular formula is C16H17BrN2O5. The third-order valence-electron chi connectivity index (χ3n) is 3.17. The predicted octanol–water partition coefficient (Wildman–Crippen LogP) is 2.11. The lowest BCUT2D eigenvalue weighted by atomic mass is 10.2. The average molecular weight is 397 g/mol. The minimum Gasteiger partial charge on any atom is -0.497 e. The van der Waals surface area contributed by atoms with Crippen LogP contribution in [0.2, 0.25) is 0 Å². The second kappa shape index (κ2) is 8.39. The van der Waals surface area contributed by atoms with E-state index in [2.05, 4.69) is 26.6 Å². The average Bonchev–Trinajstić information content (AvgIpc) is 3.04. The van der Waals surface area contributed by atoms with Gasteiger partial charge in [-0.3, -0.25) is 9.59 Å². The van der Waals surface area contributed by atoms with Crippen molar-refractivity contribution in [3.05, 3.63) is 46.3 Å². The molecule has 0 bridgehead atoms. The van der Waals surface area contributed by atoms with E-state index in [4.69, 9.17) is 13.9 Å². The van der Waals surface area contributed by atoms with Crippen molar-refractivity contribution in [1.82, 2.24) is 10.6 Å². The number of rotatable bonds is 7. The molecule has 1 heterocycles. The van der Waals surface area contributed by atoms with Gasteiger partial charge in [0.1, 0.15) is 11.5 Å². The third-order valence-corrected chi connectivity index (χ3v) is 3.60. The molecule has 0 aliphatic rings. The summed E-state index contributed by atoms with van der Waals surface area (Å²) in [6.07, 6.45) is 0.